The van der Waals surface area contributed by atoms with E-state index in [9.17, 15) is 4.39 Å². The summed E-state index contributed by atoms with van der Waals surface area (Å²) in [7, 11) is 0. The van der Waals surface area contributed by atoms with Gasteiger partial charge in [0, 0.05) is 18.3 Å². The Balaban J connectivity index is 2.31. The van der Waals surface area contributed by atoms with E-state index in [1.54, 1.807) is 31.3 Å². The molecule has 2 N–H and O–H groups in total. The zero-order chi connectivity index (χ0) is 13.1. The number of pyridine rings is 1. The van der Waals surface area contributed by atoms with E-state index in [0.717, 1.165) is 11.1 Å². The van der Waals surface area contributed by atoms with E-state index in [1.165, 1.54) is 0 Å². The molecule has 1 heterocycles. The lowest BCUT2D eigenvalue weighted by Crippen LogP contribution is -2.00. The standard InChI is InChI=1S/C14H15FN2O/c1-9-4-3-5-12(13(9)15)18-14-10(2)6-11(7-16)8-17-14/h3-6,8H,7,16H2,1-2H3. The van der Waals surface area contributed by atoms with Gasteiger partial charge in [0.1, 0.15) is 0 Å². The molecule has 18 heavy (non-hydrogen) atoms. The Morgan fingerprint density at radius 3 is 2.72 bits per heavy atom. The van der Waals surface area contributed by atoms with Crippen molar-refractivity contribution in [1.82, 2.24) is 4.98 Å². The van der Waals surface area contributed by atoms with Crippen LogP contribution in [0.1, 0.15) is 16.7 Å². The third kappa shape index (κ3) is 2.49. The molecule has 0 aliphatic rings. The summed E-state index contributed by atoms with van der Waals surface area (Å²) in [5, 5.41) is 0. The first-order chi connectivity index (χ1) is 8.61. The summed E-state index contributed by atoms with van der Waals surface area (Å²) in [4.78, 5) is 4.15. The molecule has 0 spiro atoms. The minimum Gasteiger partial charge on any atom is -0.436 e. The fourth-order valence-electron chi connectivity index (χ4n) is 1.64. The lowest BCUT2D eigenvalue weighted by Gasteiger charge is -2.10. The van der Waals surface area contributed by atoms with Gasteiger partial charge in [0.25, 0.3) is 0 Å². The molecule has 0 fully saturated rings. The van der Waals surface area contributed by atoms with Crippen molar-refractivity contribution < 1.29 is 9.13 Å². The highest BCUT2D eigenvalue weighted by Crippen LogP contribution is 2.27. The van der Waals surface area contributed by atoms with Gasteiger partial charge in [0.05, 0.1) is 0 Å². The third-order valence-corrected chi connectivity index (χ3v) is 2.69. The monoisotopic (exact) mass is 246 g/mol. The molecule has 0 aliphatic heterocycles. The molecular weight excluding hydrogens is 231 g/mol. The fourth-order valence-corrected chi connectivity index (χ4v) is 1.64. The zero-order valence-corrected chi connectivity index (χ0v) is 10.4. The number of benzene rings is 1. The van der Waals surface area contributed by atoms with Gasteiger partial charge in [-0.2, -0.15) is 0 Å². The van der Waals surface area contributed by atoms with Crippen molar-refractivity contribution in [3.63, 3.8) is 0 Å². The number of aromatic nitrogens is 1. The van der Waals surface area contributed by atoms with Crippen LogP contribution < -0.4 is 10.5 Å². The van der Waals surface area contributed by atoms with E-state index >= 15 is 0 Å². The first-order valence-corrected chi connectivity index (χ1v) is 5.70. The maximum Gasteiger partial charge on any atom is 0.222 e. The summed E-state index contributed by atoms with van der Waals surface area (Å²) >= 11 is 0. The van der Waals surface area contributed by atoms with Crippen molar-refractivity contribution >= 4 is 0 Å². The number of hydrogen-bond donors (Lipinski definition) is 1. The average Bonchev–Trinajstić information content (AvgIpc) is 2.37. The summed E-state index contributed by atoms with van der Waals surface area (Å²) in [6.07, 6.45) is 1.63. The number of halogens is 1. The molecule has 3 nitrogen and oxygen atoms in total. The van der Waals surface area contributed by atoms with Gasteiger partial charge in [-0.1, -0.05) is 12.1 Å². The fraction of sp³-hybridized carbons (Fsp3) is 0.214. The summed E-state index contributed by atoms with van der Waals surface area (Å²) in [6.45, 7) is 3.97. The third-order valence-electron chi connectivity index (χ3n) is 2.69. The highest BCUT2D eigenvalue weighted by atomic mass is 19.1. The normalized spacial score (nSPS) is 10.4. The van der Waals surface area contributed by atoms with Crippen LogP contribution >= 0.6 is 0 Å². The first kappa shape index (κ1) is 12.5. The molecule has 0 unspecified atom stereocenters. The SMILES string of the molecule is Cc1cc(CN)cnc1Oc1cccc(C)c1F. The van der Waals surface area contributed by atoms with Gasteiger partial charge in [-0.15, -0.1) is 0 Å². The van der Waals surface area contributed by atoms with Crippen LogP contribution in [0.4, 0.5) is 4.39 Å². The highest BCUT2D eigenvalue weighted by Gasteiger charge is 2.09. The number of hydrogen-bond acceptors (Lipinski definition) is 3. The van der Waals surface area contributed by atoms with Gasteiger partial charge >= 0.3 is 0 Å². The maximum absolute atomic E-state index is 13.8. The summed E-state index contributed by atoms with van der Waals surface area (Å²) in [5.41, 5.74) is 7.82. The second-order valence-electron chi connectivity index (χ2n) is 4.16. The van der Waals surface area contributed by atoms with Crippen molar-refractivity contribution in [2.75, 3.05) is 0 Å². The predicted octanol–water partition coefficient (Wildman–Crippen LogP) is 3.09. The number of nitrogens with zero attached hydrogens (tertiary/aromatic N) is 1. The predicted molar refractivity (Wildman–Crippen MR) is 68.1 cm³/mol. The van der Waals surface area contributed by atoms with E-state index in [4.69, 9.17) is 10.5 Å². The van der Waals surface area contributed by atoms with Crippen LogP contribution in [0.5, 0.6) is 11.6 Å². The second-order valence-corrected chi connectivity index (χ2v) is 4.16. The molecule has 94 valence electrons. The Kier molecular flexibility index (Phi) is 3.58. The Morgan fingerprint density at radius 1 is 1.28 bits per heavy atom. The van der Waals surface area contributed by atoms with Gasteiger partial charge in [0.2, 0.25) is 5.88 Å². The van der Waals surface area contributed by atoms with Gasteiger partial charge < -0.3 is 10.5 Å². The van der Waals surface area contributed by atoms with Crippen LogP contribution in [0.3, 0.4) is 0 Å². The molecule has 0 saturated carbocycles. The lowest BCUT2D eigenvalue weighted by atomic mass is 10.2. The topological polar surface area (TPSA) is 48.1 Å². The molecule has 0 atom stereocenters. The summed E-state index contributed by atoms with van der Waals surface area (Å²) in [6, 6.07) is 6.91. The Labute approximate surface area is 105 Å². The van der Waals surface area contributed by atoms with Crippen LogP contribution in [-0.4, -0.2) is 4.98 Å². The van der Waals surface area contributed by atoms with Crippen LogP contribution in [0.2, 0.25) is 0 Å². The molecule has 0 bridgehead atoms. The molecule has 0 saturated heterocycles. The maximum atomic E-state index is 13.8. The van der Waals surface area contributed by atoms with Crippen LogP contribution in [-0.2, 0) is 6.54 Å². The molecule has 0 aliphatic carbocycles. The minimum absolute atomic E-state index is 0.186. The van der Waals surface area contributed by atoms with E-state index < -0.39 is 0 Å². The minimum atomic E-state index is -0.360. The lowest BCUT2D eigenvalue weighted by molar-refractivity contribution is 0.422. The van der Waals surface area contributed by atoms with Crippen molar-refractivity contribution in [3.8, 4) is 11.6 Å². The smallest absolute Gasteiger partial charge is 0.222 e. The first-order valence-electron chi connectivity index (χ1n) is 5.70. The number of nitrogens with two attached hydrogens (primary N) is 1. The number of rotatable bonds is 3. The molecule has 2 rings (SSSR count). The van der Waals surface area contributed by atoms with Crippen molar-refractivity contribution in [2.45, 2.75) is 20.4 Å². The molecule has 1 aromatic carbocycles. The average molecular weight is 246 g/mol. The quantitative estimate of drug-likeness (QED) is 0.905. The van der Waals surface area contributed by atoms with Crippen LogP contribution in [0.15, 0.2) is 30.5 Å². The van der Waals surface area contributed by atoms with E-state index in [2.05, 4.69) is 4.98 Å². The number of aryl methyl sites for hydroxylation is 2. The summed E-state index contributed by atoms with van der Waals surface area (Å²) < 4.78 is 19.3. The van der Waals surface area contributed by atoms with E-state index in [-0.39, 0.29) is 11.6 Å². The Bertz CT molecular complexity index is 570. The van der Waals surface area contributed by atoms with Gasteiger partial charge in [0.15, 0.2) is 11.6 Å². The largest absolute Gasteiger partial charge is 0.436 e. The number of ether oxygens (including phenoxy) is 1. The van der Waals surface area contributed by atoms with Gasteiger partial charge in [-0.25, -0.2) is 9.37 Å². The van der Waals surface area contributed by atoms with Crippen LogP contribution in [0, 0.1) is 19.7 Å². The molecule has 0 amide bonds. The molecule has 1 aromatic heterocycles. The van der Waals surface area contributed by atoms with Crippen molar-refractivity contribution in [3.05, 3.63) is 53.0 Å². The van der Waals surface area contributed by atoms with E-state index in [0.29, 0.717) is 18.0 Å². The second kappa shape index (κ2) is 5.14. The van der Waals surface area contributed by atoms with Gasteiger partial charge in [-0.05, 0) is 37.1 Å². The Hall–Kier alpha value is -1.94. The molecule has 4 heteroatoms. The summed E-state index contributed by atoms with van der Waals surface area (Å²) in [5.74, 6) is 0.226. The molecule has 2 aromatic rings. The molecule has 0 radical (unpaired) electrons. The van der Waals surface area contributed by atoms with Gasteiger partial charge in [-0.3, -0.25) is 0 Å². The van der Waals surface area contributed by atoms with Crippen molar-refractivity contribution in [1.29, 1.82) is 0 Å². The highest BCUT2D eigenvalue weighted by molar-refractivity contribution is 5.36. The Morgan fingerprint density at radius 2 is 2.06 bits per heavy atom. The zero-order valence-electron chi connectivity index (χ0n) is 10.4. The van der Waals surface area contributed by atoms with Crippen molar-refractivity contribution in [2.24, 2.45) is 5.73 Å². The van der Waals surface area contributed by atoms with Crippen LogP contribution in [0.25, 0.3) is 0 Å². The van der Waals surface area contributed by atoms with E-state index in [1.807, 2.05) is 13.0 Å². The molecular formula is C14H15FN2O.